The molecule has 1 aromatic rings. The smallest absolute Gasteiger partial charge is 0.269 e. The lowest BCUT2D eigenvalue weighted by Gasteiger charge is -2.00. The summed E-state index contributed by atoms with van der Waals surface area (Å²) in [7, 11) is 0. The van der Waals surface area contributed by atoms with Gasteiger partial charge < -0.3 is 0 Å². The van der Waals surface area contributed by atoms with Crippen LogP contribution in [0.2, 0.25) is 5.15 Å². The van der Waals surface area contributed by atoms with Crippen molar-refractivity contribution in [1.82, 2.24) is 9.55 Å². The van der Waals surface area contributed by atoms with Crippen LogP contribution in [0.1, 0.15) is 6.55 Å². The van der Waals surface area contributed by atoms with Crippen molar-refractivity contribution in [2.75, 3.05) is 0 Å². The third kappa shape index (κ3) is 1.74. The maximum atomic E-state index is 11.8. The maximum absolute atomic E-state index is 11.8. The standard InChI is InChI=1S/C5H3ClF2N2O/c6-3-1-4(11)10(2-9-3)5(7)8/h1-2,5H. The summed E-state index contributed by atoms with van der Waals surface area (Å²) in [6, 6.07) is 0.827. The molecule has 0 saturated heterocycles. The molecule has 3 nitrogen and oxygen atoms in total. The van der Waals surface area contributed by atoms with Crippen molar-refractivity contribution < 1.29 is 8.78 Å². The zero-order valence-electron chi connectivity index (χ0n) is 5.17. The van der Waals surface area contributed by atoms with Gasteiger partial charge in [-0.2, -0.15) is 8.78 Å². The van der Waals surface area contributed by atoms with Gasteiger partial charge in [0.2, 0.25) is 0 Å². The van der Waals surface area contributed by atoms with Crippen molar-refractivity contribution in [3.05, 3.63) is 27.9 Å². The Bertz CT molecular complexity index is 312. The monoisotopic (exact) mass is 180 g/mol. The molecule has 0 fully saturated rings. The number of hydrogen-bond donors (Lipinski definition) is 0. The van der Waals surface area contributed by atoms with E-state index in [-0.39, 0.29) is 9.72 Å². The van der Waals surface area contributed by atoms with E-state index in [0.717, 1.165) is 6.07 Å². The lowest BCUT2D eigenvalue weighted by molar-refractivity contribution is 0.0651. The number of rotatable bonds is 1. The lowest BCUT2D eigenvalue weighted by Crippen LogP contribution is -2.19. The molecule has 0 aromatic carbocycles. The zero-order valence-corrected chi connectivity index (χ0v) is 5.92. The summed E-state index contributed by atoms with van der Waals surface area (Å²) in [4.78, 5) is 13.9. The molecule has 0 atom stereocenters. The summed E-state index contributed by atoms with van der Waals surface area (Å²) in [6.45, 7) is -2.87. The molecule has 0 spiro atoms. The van der Waals surface area contributed by atoms with E-state index in [9.17, 15) is 13.6 Å². The van der Waals surface area contributed by atoms with Crippen molar-refractivity contribution in [2.24, 2.45) is 0 Å². The van der Waals surface area contributed by atoms with Gasteiger partial charge in [0.15, 0.2) is 0 Å². The molecular formula is C5H3ClF2N2O. The topological polar surface area (TPSA) is 34.9 Å². The summed E-state index contributed by atoms with van der Waals surface area (Å²) in [5.41, 5.74) is -0.861. The van der Waals surface area contributed by atoms with Crippen LogP contribution in [-0.4, -0.2) is 9.55 Å². The Morgan fingerprint density at radius 3 is 2.73 bits per heavy atom. The Kier molecular flexibility index (Phi) is 2.19. The van der Waals surface area contributed by atoms with E-state index in [0.29, 0.717) is 6.33 Å². The fraction of sp³-hybridized carbons (Fsp3) is 0.200. The largest absolute Gasteiger partial charge is 0.322 e. The fourth-order valence-corrected chi connectivity index (χ4v) is 0.672. The van der Waals surface area contributed by atoms with Gasteiger partial charge in [-0.1, -0.05) is 11.6 Å². The van der Waals surface area contributed by atoms with Gasteiger partial charge in [0.1, 0.15) is 11.5 Å². The van der Waals surface area contributed by atoms with Gasteiger partial charge in [-0.05, 0) is 0 Å². The summed E-state index contributed by atoms with van der Waals surface area (Å²) in [6.07, 6.45) is 0.704. The molecule has 1 heterocycles. The van der Waals surface area contributed by atoms with E-state index in [1.54, 1.807) is 0 Å². The van der Waals surface area contributed by atoms with Gasteiger partial charge in [0, 0.05) is 6.07 Å². The molecule has 0 amide bonds. The Labute approximate surface area is 65.2 Å². The molecule has 1 rings (SSSR count). The molecule has 0 aliphatic rings. The molecule has 11 heavy (non-hydrogen) atoms. The average molecular weight is 181 g/mol. The van der Waals surface area contributed by atoms with Crippen LogP contribution in [0.15, 0.2) is 17.2 Å². The summed E-state index contributed by atoms with van der Waals surface area (Å²) >= 11 is 5.25. The van der Waals surface area contributed by atoms with Gasteiger partial charge >= 0.3 is 6.55 Å². The Balaban J connectivity index is 3.21. The van der Waals surface area contributed by atoms with Crippen molar-refractivity contribution in [3.63, 3.8) is 0 Å². The Morgan fingerprint density at radius 2 is 2.27 bits per heavy atom. The zero-order chi connectivity index (χ0) is 8.43. The number of hydrogen-bond acceptors (Lipinski definition) is 2. The van der Waals surface area contributed by atoms with Crippen molar-refractivity contribution in [1.29, 1.82) is 0 Å². The third-order valence-corrected chi connectivity index (χ3v) is 1.22. The number of aromatic nitrogens is 2. The second-order valence-electron chi connectivity index (χ2n) is 1.73. The number of alkyl halides is 2. The first-order chi connectivity index (χ1) is 5.11. The average Bonchev–Trinajstić information content (AvgIpc) is 1.85. The quantitative estimate of drug-likeness (QED) is 0.611. The van der Waals surface area contributed by atoms with Crippen molar-refractivity contribution in [2.45, 2.75) is 6.55 Å². The minimum absolute atomic E-state index is 0.0908. The van der Waals surface area contributed by atoms with Crippen LogP contribution in [0.5, 0.6) is 0 Å². The first-order valence-electron chi connectivity index (χ1n) is 2.63. The third-order valence-electron chi connectivity index (χ3n) is 1.01. The first kappa shape index (κ1) is 8.13. The summed E-state index contributed by atoms with van der Waals surface area (Å²) in [5, 5.41) is -0.0908. The van der Waals surface area contributed by atoms with Crippen LogP contribution < -0.4 is 5.56 Å². The highest BCUT2D eigenvalue weighted by Crippen LogP contribution is 2.05. The fourth-order valence-electron chi connectivity index (χ4n) is 0.535. The van der Waals surface area contributed by atoms with E-state index in [4.69, 9.17) is 11.6 Å². The highest BCUT2D eigenvalue weighted by molar-refractivity contribution is 6.29. The molecule has 1 aromatic heterocycles. The molecule has 6 heteroatoms. The highest BCUT2D eigenvalue weighted by atomic mass is 35.5. The second-order valence-corrected chi connectivity index (χ2v) is 2.12. The van der Waals surface area contributed by atoms with Crippen LogP contribution in [0.3, 0.4) is 0 Å². The van der Waals surface area contributed by atoms with Crippen LogP contribution >= 0.6 is 11.6 Å². The van der Waals surface area contributed by atoms with Gasteiger partial charge in [-0.25, -0.2) is 9.55 Å². The molecule has 0 aliphatic carbocycles. The molecule has 0 radical (unpaired) electrons. The van der Waals surface area contributed by atoms with Gasteiger partial charge in [-0.15, -0.1) is 0 Å². The predicted octanol–water partition coefficient (Wildman–Crippen LogP) is 1.29. The predicted molar refractivity (Wildman–Crippen MR) is 34.8 cm³/mol. The van der Waals surface area contributed by atoms with Gasteiger partial charge in [0.25, 0.3) is 5.56 Å². The second kappa shape index (κ2) is 2.96. The Morgan fingerprint density at radius 1 is 1.64 bits per heavy atom. The summed E-state index contributed by atoms with van der Waals surface area (Å²) in [5.74, 6) is 0. The van der Waals surface area contributed by atoms with E-state index in [1.807, 2.05) is 0 Å². The van der Waals surface area contributed by atoms with E-state index >= 15 is 0 Å². The highest BCUT2D eigenvalue weighted by Gasteiger charge is 2.06. The molecular weight excluding hydrogens is 178 g/mol. The van der Waals surface area contributed by atoms with E-state index in [2.05, 4.69) is 4.98 Å². The SMILES string of the molecule is O=c1cc(Cl)ncn1C(F)F. The van der Waals surface area contributed by atoms with Crippen LogP contribution in [0, 0.1) is 0 Å². The molecule has 60 valence electrons. The van der Waals surface area contributed by atoms with Gasteiger partial charge in [-0.3, -0.25) is 4.79 Å². The minimum Gasteiger partial charge on any atom is -0.269 e. The molecule has 0 bridgehead atoms. The van der Waals surface area contributed by atoms with Crippen LogP contribution in [0.4, 0.5) is 8.78 Å². The maximum Gasteiger partial charge on any atom is 0.322 e. The number of nitrogens with zero attached hydrogens (tertiary/aromatic N) is 2. The normalized spacial score (nSPS) is 10.5. The lowest BCUT2D eigenvalue weighted by atomic mass is 10.6. The van der Waals surface area contributed by atoms with E-state index < -0.39 is 12.1 Å². The number of halogens is 3. The van der Waals surface area contributed by atoms with Crippen molar-refractivity contribution >= 4 is 11.6 Å². The molecule has 0 saturated carbocycles. The van der Waals surface area contributed by atoms with Crippen molar-refractivity contribution in [3.8, 4) is 0 Å². The van der Waals surface area contributed by atoms with E-state index in [1.165, 1.54) is 0 Å². The van der Waals surface area contributed by atoms with Gasteiger partial charge in [0.05, 0.1) is 0 Å². The molecule has 0 unspecified atom stereocenters. The summed E-state index contributed by atoms with van der Waals surface area (Å²) < 4.78 is 23.9. The minimum atomic E-state index is -2.87. The van der Waals surface area contributed by atoms with Crippen LogP contribution in [0.25, 0.3) is 0 Å². The Hall–Kier alpha value is -0.970. The molecule has 0 N–H and O–H groups in total. The van der Waals surface area contributed by atoms with Crippen LogP contribution in [-0.2, 0) is 0 Å². The first-order valence-corrected chi connectivity index (χ1v) is 3.01. The molecule has 0 aliphatic heterocycles.